The Morgan fingerprint density at radius 3 is 3.00 bits per heavy atom. The predicted octanol–water partition coefficient (Wildman–Crippen LogP) is 2.53. The summed E-state index contributed by atoms with van der Waals surface area (Å²) in [6.07, 6.45) is 7.70. The fraction of sp³-hybridized carbons (Fsp3) is 0.438. The van der Waals surface area contributed by atoms with Crippen LogP contribution in [0.1, 0.15) is 36.4 Å². The number of likely N-dealkylation sites (tertiary alicyclic amines) is 1. The lowest BCUT2D eigenvalue weighted by atomic mass is 9.95. The molecule has 0 radical (unpaired) electrons. The number of hydrogen-bond acceptors (Lipinski definition) is 7. The first-order valence-corrected chi connectivity index (χ1v) is 8.84. The summed E-state index contributed by atoms with van der Waals surface area (Å²) in [6, 6.07) is 0. The molecule has 1 saturated heterocycles. The smallest absolute Gasteiger partial charge is 0.245 e. The summed E-state index contributed by atoms with van der Waals surface area (Å²) in [4.78, 5) is 22.5. The molecule has 1 N–H and O–H groups in total. The maximum Gasteiger partial charge on any atom is 0.245 e. The van der Waals surface area contributed by atoms with Gasteiger partial charge >= 0.3 is 0 Å². The topological polar surface area (TPSA) is 83.9 Å². The van der Waals surface area contributed by atoms with Crippen molar-refractivity contribution in [2.45, 2.75) is 32.1 Å². The lowest BCUT2D eigenvalue weighted by Gasteiger charge is -2.31. The summed E-state index contributed by atoms with van der Waals surface area (Å²) >= 11 is 1.51. The van der Waals surface area contributed by atoms with E-state index in [2.05, 4.69) is 32.1 Å². The predicted molar refractivity (Wildman–Crippen MR) is 93.4 cm³/mol. The maximum atomic E-state index is 11.8. The lowest BCUT2D eigenvalue weighted by Crippen LogP contribution is -2.38. The Hall–Kier alpha value is -2.35. The van der Waals surface area contributed by atoms with Crippen molar-refractivity contribution >= 4 is 28.2 Å². The number of anilines is 2. The van der Waals surface area contributed by atoms with Gasteiger partial charge in [0.15, 0.2) is 5.82 Å². The van der Waals surface area contributed by atoms with Gasteiger partial charge in [-0.2, -0.15) is 0 Å². The first-order chi connectivity index (χ1) is 11.7. The highest BCUT2D eigenvalue weighted by Gasteiger charge is 2.24. The van der Waals surface area contributed by atoms with Gasteiger partial charge in [0.25, 0.3) is 0 Å². The zero-order valence-corrected chi connectivity index (χ0v) is 14.4. The average Bonchev–Trinajstić information content (AvgIpc) is 3.09. The second-order valence-corrected chi connectivity index (χ2v) is 6.70. The first-order valence-electron chi connectivity index (χ1n) is 8.02. The molecule has 1 amide bonds. The van der Waals surface area contributed by atoms with Crippen molar-refractivity contribution in [3.63, 3.8) is 0 Å². The minimum atomic E-state index is -0.0195. The van der Waals surface area contributed by atoms with E-state index in [1.807, 2.05) is 11.8 Å². The molecule has 1 fully saturated rings. The Morgan fingerprint density at radius 2 is 2.33 bits per heavy atom. The van der Waals surface area contributed by atoms with Crippen molar-refractivity contribution in [1.82, 2.24) is 25.1 Å². The van der Waals surface area contributed by atoms with Crippen LogP contribution in [0.4, 0.5) is 10.9 Å². The van der Waals surface area contributed by atoms with Crippen LogP contribution >= 0.6 is 11.3 Å². The fourth-order valence-corrected chi connectivity index (χ4v) is 3.40. The van der Waals surface area contributed by atoms with E-state index in [0.29, 0.717) is 17.5 Å². The molecule has 0 aliphatic carbocycles. The summed E-state index contributed by atoms with van der Waals surface area (Å²) in [5.41, 5.74) is 0.911. The molecule has 3 heterocycles. The van der Waals surface area contributed by atoms with Gasteiger partial charge in [0.05, 0.1) is 18.1 Å². The van der Waals surface area contributed by atoms with E-state index < -0.39 is 0 Å². The van der Waals surface area contributed by atoms with E-state index in [0.717, 1.165) is 36.5 Å². The Labute approximate surface area is 144 Å². The molecule has 1 atom stereocenters. The first kappa shape index (κ1) is 16.5. The number of amides is 1. The van der Waals surface area contributed by atoms with Crippen molar-refractivity contribution < 1.29 is 4.79 Å². The van der Waals surface area contributed by atoms with Crippen LogP contribution in [0.15, 0.2) is 25.0 Å². The Morgan fingerprint density at radius 1 is 1.46 bits per heavy atom. The minimum absolute atomic E-state index is 0.0195. The molecule has 2 aromatic heterocycles. The van der Waals surface area contributed by atoms with E-state index in [4.69, 9.17) is 0 Å². The zero-order valence-electron chi connectivity index (χ0n) is 13.6. The van der Waals surface area contributed by atoms with Crippen molar-refractivity contribution in [3.8, 4) is 0 Å². The van der Waals surface area contributed by atoms with Crippen LogP contribution < -0.4 is 5.32 Å². The van der Waals surface area contributed by atoms with E-state index >= 15 is 0 Å². The van der Waals surface area contributed by atoms with Crippen LogP contribution in [0, 0.1) is 0 Å². The number of aryl methyl sites for hydroxylation is 1. The molecule has 1 aliphatic heterocycles. The van der Waals surface area contributed by atoms with E-state index in [1.54, 1.807) is 12.4 Å². The van der Waals surface area contributed by atoms with Crippen LogP contribution in [-0.2, 0) is 11.2 Å². The van der Waals surface area contributed by atoms with E-state index in [-0.39, 0.29) is 11.8 Å². The Balaban J connectivity index is 1.65. The molecule has 1 aliphatic rings. The van der Waals surface area contributed by atoms with Gasteiger partial charge in [-0.3, -0.25) is 9.78 Å². The van der Waals surface area contributed by atoms with Crippen LogP contribution in [0.2, 0.25) is 0 Å². The van der Waals surface area contributed by atoms with Gasteiger partial charge in [0.2, 0.25) is 11.0 Å². The van der Waals surface area contributed by atoms with Gasteiger partial charge < -0.3 is 10.2 Å². The number of carbonyl (C=O) groups is 1. The second kappa shape index (κ2) is 7.48. The largest absolute Gasteiger partial charge is 0.339 e. The number of nitrogens with one attached hydrogen (secondary N) is 1. The van der Waals surface area contributed by atoms with Crippen LogP contribution in [0.5, 0.6) is 0 Å². The number of rotatable bonds is 5. The number of aromatic nitrogens is 4. The Bertz CT molecular complexity index is 714. The Kier molecular flexibility index (Phi) is 5.14. The SMILES string of the molecule is C=CC(=O)N1CCCC(c2cnc(Nc3nnc(CC)s3)cn2)C1. The van der Waals surface area contributed by atoms with Crippen LogP contribution in [0.3, 0.4) is 0 Å². The second-order valence-electron chi connectivity index (χ2n) is 5.63. The molecular formula is C16H20N6OS. The molecule has 0 aromatic carbocycles. The molecule has 24 heavy (non-hydrogen) atoms. The highest BCUT2D eigenvalue weighted by Crippen LogP contribution is 2.26. The summed E-state index contributed by atoms with van der Waals surface area (Å²) in [6.45, 7) is 7.05. The monoisotopic (exact) mass is 344 g/mol. The molecular weight excluding hydrogens is 324 g/mol. The summed E-state index contributed by atoms with van der Waals surface area (Å²) in [5.74, 6) is 0.846. The molecule has 0 saturated carbocycles. The van der Waals surface area contributed by atoms with Crippen molar-refractivity contribution in [2.24, 2.45) is 0 Å². The quantitative estimate of drug-likeness (QED) is 0.839. The molecule has 0 spiro atoms. The molecule has 0 bridgehead atoms. The number of piperidine rings is 1. The van der Waals surface area contributed by atoms with Gasteiger partial charge in [0.1, 0.15) is 5.01 Å². The van der Waals surface area contributed by atoms with Crippen LogP contribution in [-0.4, -0.2) is 44.1 Å². The molecule has 3 rings (SSSR count). The van der Waals surface area contributed by atoms with Gasteiger partial charge in [0, 0.05) is 19.0 Å². The maximum absolute atomic E-state index is 11.8. The summed E-state index contributed by atoms with van der Waals surface area (Å²) in [7, 11) is 0. The normalized spacial score (nSPS) is 17.5. The van der Waals surface area contributed by atoms with Crippen LogP contribution in [0.25, 0.3) is 0 Å². The highest BCUT2D eigenvalue weighted by atomic mass is 32.1. The van der Waals surface area contributed by atoms with Crippen molar-refractivity contribution in [3.05, 3.63) is 35.8 Å². The van der Waals surface area contributed by atoms with Gasteiger partial charge in [-0.05, 0) is 25.3 Å². The van der Waals surface area contributed by atoms with Gasteiger partial charge in [-0.15, -0.1) is 10.2 Å². The average molecular weight is 344 g/mol. The molecule has 2 aromatic rings. The molecule has 7 nitrogen and oxygen atoms in total. The van der Waals surface area contributed by atoms with Gasteiger partial charge in [-0.25, -0.2) is 4.98 Å². The molecule has 126 valence electrons. The van der Waals surface area contributed by atoms with E-state index in [9.17, 15) is 4.79 Å². The lowest BCUT2D eigenvalue weighted by molar-refractivity contribution is -0.127. The highest BCUT2D eigenvalue weighted by molar-refractivity contribution is 7.15. The third-order valence-electron chi connectivity index (χ3n) is 4.00. The summed E-state index contributed by atoms with van der Waals surface area (Å²) in [5, 5.41) is 13.0. The fourth-order valence-electron chi connectivity index (χ4n) is 2.72. The van der Waals surface area contributed by atoms with E-state index in [1.165, 1.54) is 17.4 Å². The van der Waals surface area contributed by atoms with Gasteiger partial charge in [-0.1, -0.05) is 24.8 Å². The van der Waals surface area contributed by atoms with Crippen molar-refractivity contribution in [2.75, 3.05) is 18.4 Å². The summed E-state index contributed by atoms with van der Waals surface area (Å²) < 4.78 is 0. The third kappa shape index (κ3) is 3.76. The molecule has 1 unspecified atom stereocenters. The third-order valence-corrected chi connectivity index (χ3v) is 4.99. The number of hydrogen-bond donors (Lipinski definition) is 1. The number of carbonyl (C=O) groups excluding carboxylic acids is 1. The zero-order chi connectivity index (χ0) is 16.9. The standard InChI is InChI=1S/C16H20N6OS/c1-3-14-20-21-16(24-14)19-13-9-17-12(8-18-13)11-6-5-7-22(10-11)15(23)4-2/h4,8-9,11H,2-3,5-7,10H2,1H3,(H,18,19,21). The molecule has 8 heteroatoms. The number of nitrogens with zero attached hydrogens (tertiary/aromatic N) is 5. The minimum Gasteiger partial charge on any atom is -0.339 e. The van der Waals surface area contributed by atoms with Crippen molar-refractivity contribution in [1.29, 1.82) is 0 Å².